The molecule has 0 aliphatic rings. The quantitative estimate of drug-likeness (QED) is 0.533. The number of thiol groups is 1. The molecular formula is C19H14F3N3O2S. The van der Waals surface area contributed by atoms with Crippen LogP contribution in [0.2, 0.25) is 0 Å². The van der Waals surface area contributed by atoms with Crippen LogP contribution in [0.3, 0.4) is 0 Å². The fourth-order valence-corrected chi connectivity index (χ4v) is 2.54. The lowest BCUT2D eigenvalue weighted by Gasteiger charge is -2.11. The standard InChI is InChI=1S/C19H14F3N3O2S/c20-19(21,22)11-2-1-3-14(10-11)27-13-6-4-12(5-7-13)25-18(26)16-17(28)15(23)8-9-24-16/h1-10,28H,(H2,23,24)(H,25,26). The Morgan fingerprint density at radius 2 is 1.79 bits per heavy atom. The van der Waals surface area contributed by atoms with Gasteiger partial charge in [-0.25, -0.2) is 4.98 Å². The molecule has 0 atom stereocenters. The number of halogens is 3. The zero-order chi connectivity index (χ0) is 20.3. The van der Waals surface area contributed by atoms with Crippen LogP contribution in [0, 0.1) is 0 Å². The second-order valence-electron chi connectivity index (χ2n) is 5.70. The maximum atomic E-state index is 12.8. The van der Waals surface area contributed by atoms with E-state index < -0.39 is 17.6 Å². The maximum Gasteiger partial charge on any atom is 0.416 e. The predicted octanol–water partition coefficient (Wildman–Crippen LogP) is 5.02. The van der Waals surface area contributed by atoms with Gasteiger partial charge < -0.3 is 15.8 Å². The van der Waals surface area contributed by atoms with Gasteiger partial charge in [0, 0.05) is 17.6 Å². The number of alkyl halides is 3. The summed E-state index contributed by atoms with van der Waals surface area (Å²) in [5, 5.41) is 2.64. The number of amides is 1. The lowest BCUT2D eigenvalue weighted by molar-refractivity contribution is -0.137. The number of ether oxygens (including phenoxy) is 1. The highest BCUT2D eigenvalue weighted by molar-refractivity contribution is 7.80. The highest BCUT2D eigenvalue weighted by Crippen LogP contribution is 2.33. The SMILES string of the molecule is Nc1ccnc(C(=O)Nc2ccc(Oc3cccc(C(F)(F)F)c3)cc2)c1S. The number of carbonyl (C=O) groups excluding carboxylic acids is 1. The number of anilines is 2. The second-order valence-corrected chi connectivity index (χ2v) is 6.15. The van der Waals surface area contributed by atoms with E-state index in [2.05, 4.69) is 22.9 Å². The topological polar surface area (TPSA) is 77.2 Å². The molecule has 5 nitrogen and oxygen atoms in total. The van der Waals surface area contributed by atoms with E-state index in [1.807, 2.05) is 0 Å². The summed E-state index contributed by atoms with van der Waals surface area (Å²) in [6.45, 7) is 0. The fraction of sp³-hybridized carbons (Fsp3) is 0.0526. The molecule has 2 aromatic carbocycles. The summed E-state index contributed by atoms with van der Waals surface area (Å²) in [6, 6.07) is 12.2. The molecular weight excluding hydrogens is 391 g/mol. The Bertz CT molecular complexity index is 1010. The minimum absolute atomic E-state index is 0.0512. The van der Waals surface area contributed by atoms with Crippen molar-refractivity contribution in [2.75, 3.05) is 11.1 Å². The number of nitrogens with two attached hydrogens (primary N) is 1. The molecule has 1 amide bonds. The van der Waals surface area contributed by atoms with Crippen LogP contribution in [0.5, 0.6) is 11.5 Å². The summed E-state index contributed by atoms with van der Waals surface area (Å²) < 4.78 is 43.7. The average Bonchev–Trinajstić information content (AvgIpc) is 2.65. The Morgan fingerprint density at radius 1 is 1.07 bits per heavy atom. The molecule has 0 aliphatic carbocycles. The van der Waals surface area contributed by atoms with E-state index in [1.165, 1.54) is 36.5 Å². The van der Waals surface area contributed by atoms with E-state index in [1.54, 1.807) is 12.1 Å². The molecule has 28 heavy (non-hydrogen) atoms. The monoisotopic (exact) mass is 405 g/mol. The van der Waals surface area contributed by atoms with Gasteiger partial charge in [0.1, 0.15) is 17.2 Å². The van der Waals surface area contributed by atoms with Crippen LogP contribution in [0.25, 0.3) is 0 Å². The van der Waals surface area contributed by atoms with E-state index in [9.17, 15) is 18.0 Å². The van der Waals surface area contributed by atoms with Crippen LogP contribution in [0.4, 0.5) is 24.5 Å². The summed E-state index contributed by atoms with van der Waals surface area (Å²) in [5.74, 6) is -0.131. The Kier molecular flexibility index (Phi) is 5.46. The summed E-state index contributed by atoms with van der Waals surface area (Å²) >= 11 is 4.17. The van der Waals surface area contributed by atoms with Crippen molar-refractivity contribution < 1.29 is 22.7 Å². The Hall–Kier alpha value is -3.20. The molecule has 3 N–H and O–H groups in total. The third kappa shape index (κ3) is 4.55. The summed E-state index contributed by atoms with van der Waals surface area (Å²) in [7, 11) is 0. The first-order valence-electron chi connectivity index (χ1n) is 7.94. The van der Waals surface area contributed by atoms with Gasteiger partial charge in [0.25, 0.3) is 5.91 Å². The van der Waals surface area contributed by atoms with E-state index >= 15 is 0 Å². The zero-order valence-corrected chi connectivity index (χ0v) is 15.1. The molecule has 3 aromatic rings. The number of nitrogens with zero attached hydrogens (tertiary/aromatic N) is 1. The Balaban J connectivity index is 1.70. The third-order valence-electron chi connectivity index (χ3n) is 3.68. The number of benzene rings is 2. The van der Waals surface area contributed by atoms with Gasteiger partial charge in [-0.3, -0.25) is 4.79 Å². The minimum atomic E-state index is -4.45. The normalized spacial score (nSPS) is 11.1. The van der Waals surface area contributed by atoms with Crippen LogP contribution in [-0.2, 0) is 6.18 Å². The molecule has 144 valence electrons. The second kappa shape index (κ2) is 7.81. The Morgan fingerprint density at radius 3 is 2.46 bits per heavy atom. The molecule has 1 heterocycles. The van der Waals surface area contributed by atoms with Gasteiger partial charge in [0.15, 0.2) is 0 Å². The highest BCUT2D eigenvalue weighted by Gasteiger charge is 2.30. The van der Waals surface area contributed by atoms with Crippen LogP contribution < -0.4 is 15.8 Å². The van der Waals surface area contributed by atoms with E-state index in [4.69, 9.17) is 10.5 Å². The number of hydrogen-bond acceptors (Lipinski definition) is 5. The molecule has 0 saturated heterocycles. The van der Waals surface area contributed by atoms with E-state index in [-0.39, 0.29) is 16.3 Å². The third-order valence-corrected chi connectivity index (χ3v) is 4.15. The van der Waals surface area contributed by atoms with Crippen molar-refractivity contribution in [3.8, 4) is 11.5 Å². The van der Waals surface area contributed by atoms with Crippen molar-refractivity contribution >= 4 is 29.9 Å². The molecule has 1 aromatic heterocycles. The predicted molar refractivity (Wildman–Crippen MR) is 102 cm³/mol. The minimum Gasteiger partial charge on any atom is -0.457 e. The zero-order valence-electron chi connectivity index (χ0n) is 14.2. The molecule has 9 heteroatoms. The first-order valence-corrected chi connectivity index (χ1v) is 8.39. The molecule has 0 radical (unpaired) electrons. The van der Waals surface area contributed by atoms with Crippen molar-refractivity contribution in [3.05, 3.63) is 72.1 Å². The van der Waals surface area contributed by atoms with Gasteiger partial charge >= 0.3 is 6.18 Å². The number of nitrogen functional groups attached to an aromatic ring is 1. The van der Waals surface area contributed by atoms with E-state index in [0.29, 0.717) is 17.1 Å². The number of hydrogen-bond donors (Lipinski definition) is 3. The number of pyridine rings is 1. The van der Waals surface area contributed by atoms with Crippen LogP contribution in [0.1, 0.15) is 16.1 Å². The molecule has 0 bridgehead atoms. The van der Waals surface area contributed by atoms with Gasteiger partial charge in [0.2, 0.25) is 0 Å². The summed E-state index contributed by atoms with van der Waals surface area (Å²) in [6.07, 6.45) is -3.05. The van der Waals surface area contributed by atoms with Crippen LogP contribution in [0.15, 0.2) is 65.7 Å². The van der Waals surface area contributed by atoms with Crippen molar-refractivity contribution in [1.82, 2.24) is 4.98 Å². The highest BCUT2D eigenvalue weighted by atomic mass is 32.1. The molecule has 3 rings (SSSR count). The molecule has 0 unspecified atom stereocenters. The first-order chi connectivity index (χ1) is 13.2. The van der Waals surface area contributed by atoms with Gasteiger partial charge in [-0.2, -0.15) is 13.2 Å². The van der Waals surface area contributed by atoms with Crippen molar-refractivity contribution in [3.63, 3.8) is 0 Å². The maximum absolute atomic E-state index is 12.8. The van der Waals surface area contributed by atoms with Gasteiger partial charge in [-0.05, 0) is 48.5 Å². The molecule has 0 spiro atoms. The Labute approximate surface area is 163 Å². The molecule has 0 aliphatic heterocycles. The van der Waals surface area contributed by atoms with Crippen LogP contribution in [-0.4, -0.2) is 10.9 Å². The van der Waals surface area contributed by atoms with Gasteiger partial charge in [0.05, 0.1) is 10.5 Å². The number of rotatable bonds is 4. The van der Waals surface area contributed by atoms with Crippen LogP contribution >= 0.6 is 12.6 Å². The number of aromatic nitrogens is 1. The molecule has 0 saturated carbocycles. The summed E-state index contributed by atoms with van der Waals surface area (Å²) in [4.78, 5) is 16.5. The largest absolute Gasteiger partial charge is 0.457 e. The lowest BCUT2D eigenvalue weighted by atomic mass is 10.2. The fourth-order valence-electron chi connectivity index (χ4n) is 2.30. The van der Waals surface area contributed by atoms with Crippen molar-refractivity contribution in [2.24, 2.45) is 0 Å². The van der Waals surface area contributed by atoms with Crippen molar-refractivity contribution in [1.29, 1.82) is 0 Å². The lowest BCUT2D eigenvalue weighted by Crippen LogP contribution is -2.15. The molecule has 0 fully saturated rings. The first kappa shape index (κ1) is 19.6. The number of carbonyl (C=O) groups is 1. The van der Waals surface area contributed by atoms with Gasteiger partial charge in [-0.15, -0.1) is 12.6 Å². The smallest absolute Gasteiger partial charge is 0.416 e. The van der Waals surface area contributed by atoms with Gasteiger partial charge in [-0.1, -0.05) is 6.07 Å². The van der Waals surface area contributed by atoms with E-state index in [0.717, 1.165) is 12.1 Å². The average molecular weight is 405 g/mol. The number of nitrogens with one attached hydrogen (secondary N) is 1. The summed E-state index contributed by atoms with van der Waals surface area (Å²) in [5.41, 5.74) is 5.75. The van der Waals surface area contributed by atoms with Crippen molar-refractivity contribution in [2.45, 2.75) is 11.1 Å².